The number of aromatic nitrogens is 1. The number of carbonyl (C=O) groups is 1. The molecule has 1 aliphatic rings. The summed E-state index contributed by atoms with van der Waals surface area (Å²) in [7, 11) is 0. The summed E-state index contributed by atoms with van der Waals surface area (Å²) in [6, 6.07) is 14.2. The maximum Gasteiger partial charge on any atom is 0.272 e. The lowest BCUT2D eigenvalue weighted by atomic mass is 10.1. The molecule has 1 fully saturated rings. The molecule has 0 aliphatic heterocycles. The second-order valence-corrected chi connectivity index (χ2v) is 5.37. The molecule has 0 atom stereocenters. The average Bonchev–Trinajstić information content (AvgIpc) is 3.30. The number of nitrogens with zero attached hydrogens (tertiary/aromatic N) is 2. The van der Waals surface area contributed by atoms with Gasteiger partial charge in [-0.25, -0.2) is 0 Å². The molecule has 1 aromatic heterocycles. The Hall–Kier alpha value is -2.16. The van der Waals surface area contributed by atoms with Crippen LogP contribution in [0.1, 0.15) is 34.5 Å². The van der Waals surface area contributed by atoms with Gasteiger partial charge in [0.05, 0.1) is 0 Å². The van der Waals surface area contributed by atoms with Crippen LogP contribution in [0, 0.1) is 6.92 Å². The van der Waals surface area contributed by atoms with Gasteiger partial charge >= 0.3 is 0 Å². The van der Waals surface area contributed by atoms with Crippen LogP contribution in [-0.4, -0.2) is 21.8 Å². The van der Waals surface area contributed by atoms with Gasteiger partial charge in [0.15, 0.2) is 0 Å². The van der Waals surface area contributed by atoms with Gasteiger partial charge in [-0.05, 0) is 37.5 Å². The highest BCUT2D eigenvalue weighted by Crippen LogP contribution is 2.29. The SMILES string of the molecule is Cc1cccc(CN(C(=O)c2ccccn2)C2CC2)c1. The molecule has 1 aromatic carbocycles. The minimum Gasteiger partial charge on any atom is -0.330 e. The predicted molar refractivity (Wildman–Crippen MR) is 78.3 cm³/mol. The van der Waals surface area contributed by atoms with E-state index in [1.165, 1.54) is 11.1 Å². The molecule has 1 aliphatic carbocycles. The highest BCUT2D eigenvalue weighted by molar-refractivity contribution is 5.92. The first kappa shape index (κ1) is 12.9. The summed E-state index contributed by atoms with van der Waals surface area (Å²) in [5.41, 5.74) is 2.94. The van der Waals surface area contributed by atoms with Crippen LogP contribution in [0.4, 0.5) is 0 Å². The summed E-state index contributed by atoms with van der Waals surface area (Å²) in [4.78, 5) is 18.7. The number of pyridine rings is 1. The van der Waals surface area contributed by atoms with E-state index in [9.17, 15) is 4.79 Å². The van der Waals surface area contributed by atoms with E-state index in [1.54, 1.807) is 12.3 Å². The second-order valence-electron chi connectivity index (χ2n) is 5.37. The molecular weight excluding hydrogens is 248 g/mol. The normalized spacial score (nSPS) is 14.1. The van der Waals surface area contributed by atoms with Crippen LogP contribution in [0.15, 0.2) is 48.7 Å². The third kappa shape index (κ3) is 2.87. The summed E-state index contributed by atoms with van der Waals surface area (Å²) in [6.45, 7) is 2.74. The van der Waals surface area contributed by atoms with Crippen LogP contribution in [0.2, 0.25) is 0 Å². The third-order valence-electron chi connectivity index (χ3n) is 3.57. The van der Waals surface area contributed by atoms with Crippen molar-refractivity contribution < 1.29 is 4.79 Å². The zero-order valence-corrected chi connectivity index (χ0v) is 11.6. The van der Waals surface area contributed by atoms with Crippen LogP contribution in [0.3, 0.4) is 0 Å². The minimum atomic E-state index is 0.0367. The van der Waals surface area contributed by atoms with Crippen LogP contribution < -0.4 is 0 Å². The number of amides is 1. The van der Waals surface area contributed by atoms with E-state index < -0.39 is 0 Å². The summed E-state index contributed by atoms with van der Waals surface area (Å²) in [5.74, 6) is 0.0367. The van der Waals surface area contributed by atoms with Gasteiger partial charge in [0.25, 0.3) is 5.91 Å². The summed E-state index contributed by atoms with van der Waals surface area (Å²) < 4.78 is 0. The van der Waals surface area contributed by atoms with E-state index in [2.05, 4.69) is 30.1 Å². The molecule has 20 heavy (non-hydrogen) atoms. The van der Waals surface area contributed by atoms with Gasteiger partial charge in [-0.15, -0.1) is 0 Å². The summed E-state index contributed by atoms with van der Waals surface area (Å²) >= 11 is 0. The van der Waals surface area contributed by atoms with E-state index >= 15 is 0 Å². The smallest absolute Gasteiger partial charge is 0.272 e. The molecule has 102 valence electrons. The summed E-state index contributed by atoms with van der Waals surface area (Å²) in [5, 5.41) is 0. The second kappa shape index (κ2) is 5.45. The maximum absolute atomic E-state index is 12.6. The quantitative estimate of drug-likeness (QED) is 0.851. The lowest BCUT2D eigenvalue weighted by Crippen LogP contribution is -2.33. The van der Waals surface area contributed by atoms with Gasteiger partial charge in [-0.1, -0.05) is 35.9 Å². The Kier molecular flexibility index (Phi) is 3.50. The van der Waals surface area contributed by atoms with Crippen molar-refractivity contribution in [3.8, 4) is 0 Å². The highest BCUT2D eigenvalue weighted by Gasteiger charge is 2.33. The van der Waals surface area contributed by atoms with Crippen LogP contribution in [0.25, 0.3) is 0 Å². The molecule has 3 nitrogen and oxygen atoms in total. The predicted octanol–water partition coefficient (Wildman–Crippen LogP) is 3.19. The number of aryl methyl sites for hydroxylation is 1. The lowest BCUT2D eigenvalue weighted by molar-refractivity contribution is 0.0724. The molecule has 0 spiro atoms. The van der Waals surface area contributed by atoms with Gasteiger partial charge in [0, 0.05) is 18.8 Å². The van der Waals surface area contributed by atoms with Crippen LogP contribution in [0.5, 0.6) is 0 Å². The standard InChI is InChI=1S/C17H18N2O/c1-13-5-4-6-14(11-13)12-19(15-8-9-15)17(20)16-7-2-3-10-18-16/h2-7,10-11,15H,8-9,12H2,1H3. The molecule has 0 unspecified atom stereocenters. The van der Waals surface area contributed by atoms with Gasteiger partial charge in [0.1, 0.15) is 5.69 Å². The molecule has 3 rings (SSSR count). The zero-order valence-electron chi connectivity index (χ0n) is 11.6. The number of rotatable bonds is 4. The largest absolute Gasteiger partial charge is 0.330 e. The average molecular weight is 266 g/mol. The van der Waals surface area contributed by atoms with E-state index in [1.807, 2.05) is 23.1 Å². The van der Waals surface area contributed by atoms with Crippen LogP contribution >= 0.6 is 0 Å². The van der Waals surface area contributed by atoms with E-state index in [4.69, 9.17) is 0 Å². The van der Waals surface area contributed by atoms with Crippen molar-refractivity contribution in [3.63, 3.8) is 0 Å². The Balaban J connectivity index is 1.81. The topological polar surface area (TPSA) is 33.2 Å². The van der Waals surface area contributed by atoms with Crippen molar-refractivity contribution in [2.75, 3.05) is 0 Å². The number of hydrogen-bond donors (Lipinski definition) is 0. The van der Waals surface area contributed by atoms with Gasteiger partial charge in [-0.3, -0.25) is 9.78 Å². The molecule has 3 heteroatoms. The van der Waals surface area contributed by atoms with Crippen LogP contribution in [-0.2, 0) is 6.54 Å². The lowest BCUT2D eigenvalue weighted by Gasteiger charge is -2.22. The van der Waals surface area contributed by atoms with Gasteiger partial charge in [0.2, 0.25) is 0 Å². The molecule has 0 N–H and O–H groups in total. The Bertz CT molecular complexity index is 605. The molecule has 0 radical (unpaired) electrons. The van der Waals surface area contributed by atoms with Crippen molar-refractivity contribution in [2.45, 2.75) is 32.4 Å². The summed E-state index contributed by atoms with van der Waals surface area (Å²) in [6.07, 6.45) is 3.87. The molecule has 1 saturated carbocycles. The zero-order chi connectivity index (χ0) is 13.9. The first-order valence-corrected chi connectivity index (χ1v) is 7.01. The number of hydrogen-bond acceptors (Lipinski definition) is 2. The molecule has 1 amide bonds. The Labute approximate surface area is 119 Å². The molecule has 0 saturated heterocycles. The number of benzene rings is 1. The van der Waals surface area contributed by atoms with Crippen molar-refractivity contribution in [1.29, 1.82) is 0 Å². The molecule has 1 heterocycles. The van der Waals surface area contributed by atoms with E-state index in [-0.39, 0.29) is 5.91 Å². The van der Waals surface area contributed by atoms with E-state index in [0.717, 1.165) is 12.8 Å². The minimum absolute atomic E-state index is 0.0367. The Morgan fingerprint density at radius 1 is 1.25 bits per heavy atom. The fourth-order valence-corrected chi connectivity index (χ4v) is 2.40. The first-order chi connectivity index (χ1) is 9.74. The number of carbonyl (C=O) groups excluding carboxylic acids is 1. The molecule has 2 aromatic rings. The van der Waals surface area contributed by atoms with Gasteiger partial charge in [-0.2, -0.15) is 0 Å². The first-order valence-electron chi connectivity index (χ1n) is 7.01. The molecular formula is C17H18N2O. The molecule has 0 bridgehead atoms. The van der Waals surface area contributed by atoms with Crippen molar-refractivity contribution in [2.24, 2.45) is 0 Å². The fraction of sp³-hybridized carbons (Fsp3) is 0.294. The third-order valence-corrected chi connectivity index (χ3v) is 3.57. The van der Waals surface area contributed by atoms with Gasteiger partial charge < -0.3 is 4.90 Å². The Morgan fingerprint density at radius 3 is 2.75 bits per heavy atom. The van der Waals surface area contributed by atoms with Crippen molar-refractivity contribution in [3.05, 3.63) is 65.5 Å². The van der Waals surface area contributed by atoms with E-state index in [0.29, 0.717) is 18.3 Å². The highest BCUT2D eigenvalue weighted by atomic mass is 16.2. The Morgan fingerprint density at radius 2 is 2.10 bits per heavy atom. The maximum atomic E-state index is 12.6. The fourth-order valence-electron chi connectivity index (χ4n) is 2.40. The van der Waals surface area contributed by atoms with Crippen molar-refractivity contribution in [1.82, 2.24) is 9.88 Å². The monoisotopic (exact) mass is 266 g/mol. The van der Waals surface area contributed by atoms with Crippen molar-refractivity contribution >= 4 is 5.91 Å².